The lowest BCUT2D eigenvalue weighted by atomic mass is 10.0. The molecule has 0 saturated carbocycles. The second-order valence-corrected chi connectivity index (χ2v) is 5.38. The molecule has 0 aliphatic carbocycles. The fraction of sp³-hybridized carbons (Fsp3) is 0.529. The number of benzene rings is 1. The molecule has 0 bridgehead atoms. The molecule has 0 N–H and O–H groups in total. The van der Waals surface area contributed by atoms with Crippen LogP contribution in [0.15, 0.2) is 12.1 Å². The summed E-state index contributed by atoms with van der Waals surface area (Å²) in [6.07, 6.45) is 4.25. The number of hydrogen-bond acceptors (Lipinski definition) is 4. The number of hydrogen-bond donors (Lipinski definition) is 0. The van der Waals surface area contributed by atoms with Gasteiger partial charge in [0.2, 0.25) is 0 Å². The van der Waals surface area contributed by atoms with Crippen LogP contribution in [0, 0.1) is 11.3 Å². The van der Waals surface area contributed by atoms with E-state index in [0.29, 0.717) is 29.2 Å². The van der Waals surface area contributed by atoms with Crippen LogP contribution in [0.5, 0.6) is 11.5 Å². The molecule has 0 fully saturated rings. The van der Waals surface area contributed by atoms with Crippen LogP contribution in [0.25, 0.3) is 0 Å². The summed E-state index contributed by atoms with van der Waals surface area (Å²) >= 11 is 0. The predicted octanol–water partition coefficient (Wildman–Crippen LogP) is 3.30. The Labute approximate surface area is 131 Å². The van der Waals surface area contributed by atoms with Crippen LogP contribution in [0.3, 0.4) is 0 Å². The lowest BCUT2D eigenvalue weighted by Crippen LogP contribution is -2.28. The zero-order chi connectivity index (χ0) is 16.1. The first-order chi connectivity index (χ1) is 10.7. The maximum Gasteiger partial charge on any atom is 0.255 e. The fourth-order valence-corrected chi connectivity index (χ4v) is 2.85. The Hall–Kier alpha value is -2.22. The molecule has 0 spiro atoms. The van der Waals surface area contributed by atoms with Gasteiger partial charge in [0, 0.05) is 18.2 Å². The molecular formula is C17H22N2O3. The smallest absolute Gasteiger partial charge is 0.255 e. The zero-order valence-electron chi connectivity index (χ0n) is 13.4. The van der Waals surface area contributed by atoms with Crippen molar-refractivity contribution in [3.63, 3.8) is 0 Å². The third-order valence-corrected chi connectivity index (χ3v) is 4.02. The summed E-state index contributed by atoms with van der Waals surface area (Å²) in [5.74, 6) is 0.981. The van der Waals surface area contributed by atoms with Crippen molar-refractivity contribution in [2.75, 3.05) is 20.8 Å². The number of fused-ring (bicyclic) bond motifs is 1. The van der Waals surface area contributed by atoms with Gasteiger partial charge >= 0.3 is 0 Å². The van der Waals surface area contributed by atoms with Crippen LogP contribution in [0.2, 0.25) is 0 Å². The number of rotatable bonds is 7. The van der Waals surface area contributed by atoms with Crippen LogP contribution in [-0.2, 0) is 0 Å². The summed E-state index contributed by atoms with van der Waals surface area (Å²) in [5.41, 5.74) is 1.17. The van der Waals surface area contributed by atoms with E-state index in [9.17, 15) is 10.1 Å². The third kappa shape index (κ3) is 2.87. The largest absolute Gasteiger partial charge is 0.497 e. The summed E-state index contributed by atoms with van der Waals surface area (Å²) in [6.45, 7) is 2.74. The molecular weight excluding hydrogens is 280 g/mol. The van der Waals surface area contributed by atoms with E-state index in [1.807, 2.05) is 0 Å². The van der Waals surface area contributed by atoms with E-state index >= 15 is 0 Å². The van der Waals surface area contributed by atoms with Crippen molar-refractivity contribution in [2.24, 2.45) is 0 Å². The molecule has 5 nitrogen and oxygen atoms in total. The summed E-state index contributed by atoms with van der Waals surface area (Å²) in [5, 5.41) is 9.52. The number of ether oxygens (including phenoxy) is 2. The molecule has 22 heavy (non-hydrogen) atoms. The van der Waals surface area contributed by atoms with Gasteiger partial charge in [0.1, 0.15) is 17.5 Å². The molecule has 118 valence electrons. The zero-order valence-corrected chi connectivity index (χ0v) is 13.4. The molecule has 5 heteroatoms. The number of nitrogens with zero attached hydrogens (tertiary/aromatic N) is 2. The van der Waals surface area contributed by atoms with E-state index in [-0.39, 0.29) is 5.91 Å². The number of carbonyl (C=O) groups excluding carboxylic acids is 1. The van der Waals surface area contributed by atoms with Gasteiger partial charge in [-0.25, -0.2) is 0 Å². The van der Waals surface area contributed by atoms with Crippen LogP contribution >= 0.6 is 0 Å². The minimum atomic E-state index is -0.579. The lowest BCUT2D eigenvalue weighted by Gasteiger charge is -2.20. The minimum Gasteiger partial charge on any atom is -0.497 e. The summed E-state index contributed by atoms with van der Waals surface area (Å²) in [7, 11) is 3.09. The number of amides is 1. The highest BCUT2D eigenvalue weighted by molar-refractivity contribution is 6.01. The highest BCUT2D eigenvalue weighted by Gasteiger charge is 2.39. The van der Waals surface area contributed by atoms with Gasteiger partial charge in [-0.15, -0.1) is 0 Å². The van der Waals surface area contributed by atoms with Crippen molar-refractivity contribution >= 4 is 5.91 Å². The number of nitriles is 1. The maximum absolute atomic E-state index is 12.6. The average molecular weight is 302 g/mol. The van der Waals surface area contributed by atoms with Gasteiger partial charge in [0.25, 0.3) is 5.91 Å². The molecule has 0 saturated heterocycles. The summed E-state index contributed by atoms with van der Waals surface area (Å²) < 4.78 is 10.6. The van der Waals surface area contributed by atoms with E-state index in [0.717, 1.165) is 25.7 Å². The first-order valence-electron chi connectivity index (χ1n) is 7.64. The molecule has 1 unspecified atom stereocenters. The first-order valence-corrected chi connectivity index (χ1v) is 7.64. The molecule has 1 aliphatic rings. The van der Waals surface area contributed by atoms with E-state index in [4.69, 9.17) is 9.47 Å². The van der Waals surface area contributed by atoms with Crippen LogP contribution < -0.4 is 9.47 Å². The summed E-state index contributed by atoms with van der Waals surface area (Å²) in [4.78, 5) is 14.3. The van der Waals surface area contributed by atoms with E-state index in [1.165, 1.54) is 7.11 Å². The number of unbranched alkanes of at least 4 members (excludes halogenated alkanes) is 3. The van der Waals surface area contributed by atoms with Crippen LogP contribution in [0.4, 0.5) is 0 Å². The van der Waals surface area contributed by atoms with Crippen molar-refractivity contribution in [2.45, 2.75) is 38.6 Å². The van der Waals surface area contributed by atoms with Crippen molar-refractivity contribution in [3.05, 3.63) is 23.3 Å². The second kappa shape index (κ2) is 7.17. The Morgan fingerprint density at radius 3 is 2.59 bits per heavy atom. The van der Waals surface area contributed by atoms with Crippen molar-refractivity contribution in [1.82, 2.24) is 4.90 Å². The molecule has 2 rings (SSSR count). The highest BCUT2D eigenvalue weighted by Crippen LogP contribution is 2.42. The Morgan fingerprint density at radius 1 is 1.23 bits per heavy atom. The summed E-state index contributed by atoms with van der Waals surface area (Å²) in [6, 6.07) is 5.07. The Morgan fingerprint density at radius 2 is 2.00 bits per heavy atom. The normalized spacial score (nSPS) is 16.4. The van der Waals surface area contributed by atoms with Gasteiger partial charge in [-0.2, -0.15) is 5.26 Å². The Kier molecular flexibility index (Phi) is 5.26. The molecule has 0 radical (unpaired) electrons. The lowest BCUT2D eigenvalue weighted by molar-refractivity contribution is 0.0754. The topological polar surface area (TPSA) is 62.6 Å². The van der Waals surface area contributed by atoms with E-state index in [2.05, 4.69) is 13.0 Å². The quantitative estimate of drug-likeness (QED) is 0.725. The molecule has 1 aromatic rings. The molecule has 1 heterocycles. The monoisotopic (exact) mass is 302 g/mol. The molecule has 1 aromatic carbocycles. The van der Waals surface area contributed by atoms with E-state index < -0.39 is 6.04 Å². The maximum atomic E-state index is 12.6. The van der Waals surface area contributed by atoms with Crippen molar-refractivity contribution < 1.29 is 14.3 Å². The molecule has 1 amide bonds. The van der Waals surface area contributed by atoms with Gasteiger partial charge in [0.15, 0.2) is 0 Å². The van der Waals surface area contributed by atoms with Crippen LogP contribution in [0.1, 0.15) is 54.6 Å². The van der Waals surface area contributed by atoms with Gasteiger partial charge in [-0.1, -0.05) is 26.2 Å². The Bertz CT molecular complexity index is 592. The van der Waals surface area contributed by atoms with Gasteiger partial charge in [0.05, 0.1) is 25.9 Å². The standard InChI is InChI=1S/C17H22N2O3/c1-4-5-6-7-8-19-14(11-18)16-13(17(19)20)9-12(21-2)10-15(16)22-3/h9-10,14H,4-8H2,1-3H3. The highest BCUT2D eigenvalue weighted by atomic mass is 16.5. The predicted molar refractivity (Wildman–Crippen MR) is 83.1 cm³/mol. The molecule has 0 aromatic heterocycles. The fourth-order valence-electron chi connectivity index (χ4n) is 2.85. The second-order valence-electron chi connectivity index (χ2n) is 5.38. The first kappa shape index (κ1) is 16.2. The molecule has 1 atom stereocenters. The molecule has 1 aliphatic heterocycles. The number of methoxy groups -OCH3 is 2. The van der Waals surface area contributed by atoms with Crippen molar-refractivity contribution in [1.29, 1.82) is 5.26 Å². The third-order valence-electron chi connectivity index (χ3n) is 4.02. The van der Waals surface area contributed by atoms with Crippen LogP contribution in [-0.4, -0.2) is 31.6 Å². The van der Waals surface area contributed by atoms with Gasteiger partial charge < -0.3 is 14.4 Å². The average Bonchev–Trinajstić information content (AvgIpc) is 2.82. The van der Waals surface area contributed by atoms with Gasteiger partial charge in [-0.3, -0.25) is 4.79 Å². The van der Waals surface area contributed by atoms with E-state index in [1.54, 1.807) is 24.1 Å². The number of carbonyl (C=O) groups is 1. The Balaban J connectivity index is 2.31. The van der Waals surface area contributed by atoms with Gasteiger partial charge in [-0.05, 0) is 12.5 Å². The van der Waals surface area contributed by atoms with Crippen molar-refractivity contribution in [3.8, 4) is 17.6 Å². The minimum absolute atomic E-state index is 0.116. The SMILES string of the molecule is CCCCCCN1C(=O)c2cc(OC)cc(OC)c2C1C#N.